The maximum Gasteiger partial charge on any atom is 0.128 e. The summed E-state index contributed by atoms with van der Waals surface area (Å²) in [6.07, 6.45) is 5.60. The zero-order valence-electron chi connectivity index (χ0n) is 12.2. The molecule has 1 aliphatic heterocycles. The van der Waals surface area contributed by atoms with Gasteiger partial charge in [0.05, 0.1) is 11.8 Å². The molecule has 5 heteroatoms. The molecule has 3 atom stereocenters. The molecule has 3 fully saturated rings. The van der Waals surface area contributed by atoms with Gasteiger partial charge in [-0.3, -0.25) is 4.90 Å². The van der Waals surface area contributed by atoms with Gasteiger partial charge in [-0.25, -0.2) is 4.98 Å². The Labute approximate surface area is 125 Å². The van der Waals surface area contributed by atoms with Crippen LogP contribution >= 0.6 is 0 Å². The summed E-state index contributed by atoms with van der Waals surface area (Å²) in [5.74, 6) is 2.32. The minimum Gasteiger partial charge on any atom is -0.411 e. The van der Waals surface area contributed by atoms with Crippen molar-refractivity contribution in [3.05, 3.63) is 24.4 Å². The average molecular weight is 286 g/mol. The van der Waals surface area contributed by atoms with Gasteiger partial charge in [-0.2, -0.15) is 0 Å². The van der Waals surface area contributed by atoms with Gasteiger partial charge in [0, 0.05) is 38.3 Å². The van der Waals surface area contributed by atoms with E-state index in [1.807, 2.05) is 18.3 Å². The van der Waals surface area contributed by atoms with E-state index in [4.69, 9.17) is 0 Å². The average Bonchev–Trinajstić information content (AvgIpc) is 3.16. The van der Waals surface area contributed by atoms with Crippen molar-refractivity contribution < 1.29 is 5.21 Å². The first kappa shape index (κ1) is 13.1. The summed E-state index contributed by atoms with van der Waals surface area (Å²) in [6, 6.07) is 6.47. The molecule has 4 rings (SSSR count). The molecule has 5 nitrogen and oxygen atoms in total. The maximum absolute atomic E-state index is 9.36. The van der Waals surface area contributed by atoms with Crippen LogP contribution < -0.4 is 4.90 Å². The van der Waals surface area contributed by atoms with Crippen molar-refractivity contribution in [1.29, 1.82) is 0 Å². The number of aromatic nitrogens is 1. The Hall–Kier alpha value is -1.62. The number of rotatable bonds is 2. The fourth-order valence-electron chi connectivity index (χ4n) is 4.45. The van der Waals surface area contributed by atoms with E-state index in [1.54, 1.807) is 0 Å². The summed E-state index contributed by atoms with van der Waals surface area (Å²) in [5.41, 5.74) is 1.05. The molecule has 112 valence electrons. The number of hydrogen-bond donors (Lipinski definition) is 1. The van der Waals surface area contributed by atoms with Gasteiger partial charge in [-0.05, 0) is 37.3 Å². The van der Waals surface area contributed by atoms with Crippen molar-refractivity contribution in [2.45, 2.75) is 25.3 Å². The molecule has 0 amide bonds. The maximum atomic E-state index is 9.36. The first-order valence-corrected chi connectivity index (χ1v) is 7.98. The Balaban J connectivity index is 1.44. The zero-order valence-corrected chi connectivity index (χ0v) is 12.2. The summed E-state index contributed by atoms with van der Waals surface area (Å²) in [5, 5.41) is 13.0. The molecular formula is C16H22N4O. The van der Waals surface area contributed by atoms with E-state index >= 15 is 0 Å². The van der Waals surface area contributed by atoms with E-state index in [1.165, 1.54) is 19.3 Å². The predicted octanol–water partition coefficient (Wildman–Crippen LogP) is 1.83. The van der Waals surface area contributed by atoms with Crippen molar-refractivity contribution in [1.82, 2.24) is 9.88 Å². The standard InChI is InChI=1S/C16H22N4O/c21-18-15-12-4-5-13(11-12)16(15)20-9-7-19(8-10-20)14-3-1-2-6-17-14/h1-3,6,12-13,16,21H,4-5,7-11H2/b18-15-/t12-,13+,16+/m0/s1. The number of piperazine rings is 1. The predicted molar refractivity (Wildman–Crippen MR) is 81.9 cm³/mol. The summed E-state index contributed by atoms with van der Waals surface area (Å²) in [7, 11) is 0. The van der Waals surface area contributed by atoms with E-state index in [0.717, 1.165) is 37.7 Å². The monoisotopic (exact) mass is 286 g/mol. The molecule has 21 heavy (non-hydrogen) atoms. The van der Waals surface area contributed by atoms with Crippen LogP contribution in [0.2, 0.25) is 0 Å². The molecule has 1 N–H and O–H groups in total. The van der Waals surface area contributed by atoms with Gasteiger partial charge in [0.15, 0.2) is 0 Å². The molecule has 0 unspecified atom stereocenters. The Morgan fingerprint density at radius 2 is 2.00 bits per heavy atom. The number of anilines is 1. The van der Waals surface area contributed by atoms with Gasteiger partial charge in [0.2, 0.25) is 0 Å². The topological polar surface area (TPSA) is 52.0 Å². The lowest BCUT2D eigenvalue weighted by Crippen LogP contribution is -2.54. The SMILES string of the molecule is O/N=C1/[C@H]2CC[C@H](C2)[C@H]1N1CCN(c2ccccn2)CC1. The lowest BCUT2D eigenvalue weighted by molar-refractivity contribution is 0.181. The van der Waals surface area contributed by atoms with Crippen molar-refractivity contribution in [3.63, 3.8) is 0 Å². The van der Waals surface area contributed by atoms with Crippen LogP contribution in [0.25, 0.3) is 0 Å². The van der Waals surface area contributed by atoms with Crippen LogP contribution in [-0.4, -0.2) is 53.0 Å². The zero-order chi connectivity index (χ0) is 14.2. The van der Waals surface area contributed by atoms with Crippen LogP contribution in [-0.2, 0) is 0 Å². The van der Waals surface area contributed by atoms with E-state index in [9.17, 15) is 5.21 Å². The second-order valence-corrected chi connectivity index (χ2v) is 6.45. The van der Waals surface area contributed by atoms with Gasteiger partial charge >= 0.3 is 0 Å². The highest BCUT2D eigenvalue weighted by Crippen LogP contribution is 2.45. The smallest absolute Gasteiger partial charge is 0.128 e. The Morgan fingerprint density at radius 3 is 2.71 bits per heavy atom. The second-order valence-electron chi connectivity index (χ2n) is 6.45. The number of oxime groups is 1. The molecule has 2 saturated carbocycles. The van der Waals surface area contributed by atoms with Gasteiger partial charge in [0.25, 0.3) is 0 Å². The fourth-order valence-corrected chi connectivity index (χ4v) is 4.45. The molecule has 0 spiro atoms. The fraction of sp³-hybridized carbons (Fsp3) is 0.625. The molecule has 3 aliphatic rings. The van der Waals surface area contributed by atoms with Crippen molar-refractivity contribution in [3.8, 4) is 0 Å². The third-order valence-electron chi connectivity index (χ3n) is 5.44. The molecule has 1 aromatic heterocycles. The molecule has 2 heterocycles. The molecule has 2 aliphatic carbocycles. The Kier molecular flexibility index (Phi) is 3.30. The Morgan fingerprint density at radius 1 is 1.14 bits per heavy atom. The van der Waals surface area contributed by atoms with Crippen LogP contribution in [0.4, 0.5) is 5.82 Å². The minimum atomic E-state index is 0.389. The normalized spacial score (nSPS) is 34.8. The molecule has 2 bridgehead atoms. The third-order valence-corrected chi connectivity index (χ3v) is 5.44. The van der Waals surface area contributed by atoms with Crippen LogP contribution in [0.3, 0.4) is 0 Å². The van der Waals surface area contributed by atoms with E-state index in [0.29, 0.717) is 17.9 Å². The summed E-state index contributed by atoms with van der Waals surface area (Å²) in [4.78, 5) is 9.31. The highest BCUT2D eigenvalue weighted by molar-refractivity contribution is 5.94. The quantitative estimate of drug-likeness (QED) is 0.666. The van der Waals surface area contributed by atoms with E-state index in [-0.39, 0.29) is 0 Å². The van der Waals surface area contributed by atoms with Crippen molar-refractivity contribution >= 4 is 11.5 Å². The van der Waals surface area contributed by atoms with Gasteiger partial charge in [-0.1, -0.05) is 11.2 Å². The van der Waals surface area contributed by atoms with Crippen LogP contribution in [0.15, 0.2) is 29.6 Å². The molecular weight excluding hydrogens is 264 g/mol. The lowest BCUT2D eigenvalue weighted by atomic mass is 9.91. The number of pyridine rings is 1. The third kappa shape index (κ3) is 2.20. The summed E-state index contributed by atoms with van der Waals surface area (Å²) < 4.78 is 0. The van der Waals surface area contributed by atoms with Gasteiger partial charge in [0.1, 0.15) is 5.82 Å². The minimum absolute atomic E-state index is 0.389. The van der Waals surface area contributed by atoms with Gasteiger partial charge in [-0.15, -0.1) is 0 Å². The molecule has 0 radical (unpaired) electrons. The second kappa shape index (κ2) is 5.30. The first-order chi connectivity index (χ1) is 10.4. The molecule has 0 aromatic carbocycles. The van der Waals surface area contributed by atoms with Crippen LogP contribution in [0.1, 0.15) is 19.3 Å². The van der Waals surface area contributed by atoms with E-state index in [2.05, 4.69) is 26.0 Å². The number of fused-ring (bicyclic) bond motifs is 2. The number of hydrogen-bond acceptors (Lipinski definition) is 5. The lowest BCUT2D eigenvalue weighted by Gasteiger charge is -2.41. The van der Waals surface area contributed by atoms with Crippen molar-refractivity contribution in [2.75, 3.05) is 31.1 Å². The molecule has 1 aromatic rings. The molecule has 1 saturated heterocycles. The Bertz CT molecular complexity index is 524. The summed E-state index contributed by atoms with van der Waals surface area (Å²) in [6.45, 7) is 4.07. The largest absolute Gasteiger partial charge is 0.411 e. The van der Waals surface area contributed by atoms with E-state index < -0.39 is 0 Å². The highest BCUT2D eigenvalue weighted by Gasteiger charge is 2.48. The highest BCUT2D eigenvalue weighted by atomic mass is 16.4. The van der Waals surface area contributed by atoms with Crippen molar-refractivity contribution in [2.24, 2.45) is 17.0 Å². The summed E-state index contributed by atoms with van der Waals surface area (Å²) >= 11 is 0. The van der Waals surface area contributed by atoms with Crippen LogP contribution in [0, 0.1) is 11.8 Å². The van der Waals surface area contributed by atoms with Gasteiger partial charge < -0.3 is 10.1 Å². The van der Waals surface area contributed by atoms with Crippen LogP contribution in [0.5, 0.6) is 0 Å². The first-order valence-electron chi connectivity index (χ1n) is 7.98. The number of nitrogens with zero attached hydrogens (tertiary/aromatic N) is 4.